The van der Waals surface area contributed by atoms with Gasteiger partial charge in [-0.2, -0.15) is 0 Å². The van der Waals surface area contributed by atoms with Crippen LogP contribution in [0.4, 0.5) is 4.39 Å². The summed E-state index contributed by atoms with van der Waals surface area (Å²) in [6.07, 6.45) is 16.9. The predicted molar refractivity (Wildman–Crippen MR) is 204 cm³/mol. The van der Waals surface area contributed by atoms with Gasteiger partial charge in [0, 0.05) is 12.6 Å². The molecule has 50 heavy (non-hydrogen) atoms. The van der Waals surface area contributed by atoms with Crippen LogP contribution in [0.3, 0.4) is 0 Å². The van der Waals surface area contributed by atoms with Gasteiger partial charge in [-0.1, -0.05) is 54.8 Å². The maximum Gasteiger partial charge on any atom is 0.123 e. The molecule has 3 aromatic rings. The van der Waals surface area contributed by atoms with E-state index < -0.39 is 0 Å². The van der Waals surface area contributed by atoms with E-state index in [0.29, 0.717) is 11.8 Å². The Morgan fingerprint density at radius 1 is 0.640 bits per heavy atom. The molecule has 0 spiro atoms. The van der Waals surface area contributed by atoms with Crippen molar-refractivity contribution in [3.05, 3.63) is 88.7 Å². The number of ether oxygens (including phenoxy) is 1. The first kappa shape index (κ1) is 34.4. The Morgan fingerprint density at radius 2 is 1.30 bits per heavy atom. The predicted octanol–water partition coefficient (Wildman–Crippen LogP) is 10.8. The average molecular weight is 677 g/mol. The Labute approximate surface area is 302 Å². The molecule has 4 heteroatoms. The van der Waals surface area contributed by atoms with E-state index in [1.165, 1.54) is 143 Å². The van der Waals surface area contributed by atoms with Crippen LogP contribution < -0.4 is 4.74 Å². The minimum Gasteiger partial charge on any atom is -0.496 e. The van der Waals surface area contributed by atoms with Gasteiger partial charge in [-0.3, -0.25) is 0 Å². The van der Waals surface area contributed by atoms with E-state index in [2.05, 4.69) is 66.1 Å². The molecule has 4 saturated carbocycles. The molecule has 2 aliphatic heterocycles. The van der Waals surface area contributed by atoms with Crippen LogP contribution in [0.1, 0.15) is 111 Å². The Bertz CT molecular complexity index is 1590. The zero-order chi connectivity index (χ0) is 34.2. The quantitative estimate of drug-likeness (QED) is 0.248. The van der Waals surface area contributed by atoms with Crippen LogP contribution in [0.2, 0.25) is 0 Å². The minimum absolute atomic E-state index is 0.0787. The fraction of sp³-hybridized carbons (Fsp3) is 0.609. The summed E-state index contributed by atoms with van der Waals surface area (Å²) in [5.41, 5.74) is 7.84. The lowest BCUT2D eigenvalue weighted by molar-refractivity contribution is 0.110. The summed E-state index contributed by atoms with van der Waals surface area (Å²) in [4.78, 5) is 5.52. The van der Waals surface area contributed by atoms with Crippen molar-refractivity contribution in [2.24, 2.45) is 29.6 Å². The molecule has 1 unspecified atom stereocenters. The summed E-state index contributed by atoms with van der Waals surface area (Å²) >= 11 is 0. The first-order valence-corrected chi connectivity index (χ1v) is 20.4. The molecule has 0 amide bonds. The highest BCUT2D eigenvalue weighted by molar-refractivity contribution is 5.66. The molecule has 0 N–H and O–H groups in total. The molecule has 0 aromatic heterocycles. The maximum atomic E-state index is 13.5. The summed E-state index contributed by atoms with van der Waals surface area (Å²) in [5.74, 6) is 7.28. The van der Waals surface area contributed by atoms with Crippen molar-refractivity contribution in [1.82, 2.24) is 9.80 Å². The van der Waals surface area contributed by atoms with Gasteiger partial charge >= 0.3 is 0 Å². The van der Waals surface area contributed by atoms with Gasteiger partial charge in [0.05, 0.1) is 7.11 Å². The fourth-order valence-electron chi connectivity index (χ4n) is 11.6. The summed E-state index contributed by atoms with van der Waals surface area (Å²) in [6, 6.07) is 21.8. The zero-order valence-corrected chi connectivity index (χ0v) is 31.1. The molecule has 3 nitrogen and oxygen atoms in total. The SMILES string of the molecule is COc1ccc(-c2ccc(C)cc2)cc1C1CCN([C@H]2C[C@H]3CC[C@H]2C3)CC1.Cc1ccc(F)cc1C1CCN(CC2C[C@H]3CC[C@H]2C3)CC1. The van der Waals surface area contributed by atoms with Gasteiger partial charge in [0.15, 0.2) is 0 Å². The number of rotatable bonds is 7. The molecule has 4 bridgehead atoms. The summed E-state index contributed by atoms with van der Waals surface area (Å²) in [5, 5.41) is 0. The molecular weight excluding hydrogens is 616 g/mol. The molecular formula is C46H61FN2O. The van der Waals surface area contributed by atoms with E-state index in [4.69, 9.17) is 4.74 Å². The molecule has 2 saturated heterocycles. The van der Waals surface area contributed by atoms with Crippen LogP contribution in [0, 0.1) is 49.3 Å². The van der Waals surface area contributed by atoms with Crippen molar-refractivity contribution in [3.63, 3.8) is 0 Å². The molecule has 4 aliphatic carbocycles. The molecule has 3 aromatic carbocycles. The maximum absolute atomic E-state index is 13.5. The second kappa shape index (κ2) is 15.1. The standard InChI is InChI=1S/C26H33NO.C20H28FN/c1-18-3-6-20(7-4-18)22-9-10-26(28-2)24(17-22)21-11-13-27(14-12-21)25-16-19-5-8-23(25)15-19;1-14-2-5-19(21)12-20(14)16-6-8-22(9-7-16)13-18-11-15-3-4-17(18)10-15/h3-4,6-7,9-10,17,19,21,23,25H,5,8,11-16H2,1-2H3;2,5,12,15-18H,3-4,6-11,13H2,1H3/t19-,23-,25-;15-,17-,18?/m00/s1. The van der Waals surface area contributed by atoms with Crippen LogP contribution in [-0.2, 0) is 0 Å². The summed E-state index contributed by atoms with van der Waals surface area (Å²) < 4.78 is 19.3. The van der Waals surface area contributed by atoms with E-state index in [0.717, 1.165) is 41.4 Å². The average Bonchev–Trinajstić information content (AvgIpc) is 3.98. The number of nitrogens with zero attached hydrogens (tertiary/aromatic N) is 2. The van der Waals surface area contributed by atoms with Gasteiger partial charge in [-0.05, 0) is 198 Å². The van der Waals surface area contributed by atoms with Gasteiger partial charge in [-0.25, -0.2) is 4.39 Å². The van der Waals surface area contributed by atoms with Gasteiger partial charge in [-0.15, -0.1) is 0 Å². The lowest BCUT2D eigenvalue weighted by Crippen LogP contribution is -2.43. The Morgan fingerprint density at radius 3 is 1.94 bits per heavy atom. The number of fused-ring (bicyclic) bond motifs is 4. The zero-order valence-electron chi connectivity index (χ0n) is 31.1. The van der Waals surface area contributed by atoms with Crippen LogP contribution >= 0.6 is 0 Å². The first-order valence-electron chi connectivity index (χ1n) is 20.4. The highest BCUT2D eigenvalue weighted by Gasteiger charge is 2.43. The largest absolute Gasteiger partial charge is 0.496 e. The monoisotopic (exact) mass is 676 g/mol. The minimum atomic E-state index is -0.0787. The third kappa shape index (κ3) is 7.45. The van der Waals surface area contributed by atoms with Crippen molar-refractivity contribution >= 4 is 0 Å². The highest BCUT2D eigenvalue weighted by Crippen LogP contribution is 2.49. The van der Waals surface area contributed by atoms with E-state index in [1.807, 2.05) is 13.2 Å². The molecule has 6 fully saturated rings. The van der Waals surface area contributed by atoms with Crippen LogP contribution in [0.25, 0.3) is 11.1 Å². The smallest absolute Gasteiger partial charge is 0.123 e. The Hall–Kier alpha value is -2.69. The topological polar surface area (TPSA) is 15.7 Å². The summed E-state index contributed by atoms with van der Waals surface area (Å²) in [7, 11) is 1.81. The van der Waals surface area contributed by atoms with Crippen molar-refractivity contribution in [3.8, 4) is 16.9 Å². The molecule has 9 rings (SSSR count). The number of halogens is 1. The summed E-state index contributed by atoms with van der Waals surface area (Å²) in [6.45, 7) is 10.5. The van der Waals surface area contributed by atoms with Crippen molar-refractivity contribution in [2.75, 3.05) is 39.8 Å². The Balaban J connectivity index is 0.000000149. The highest BCUT2D eigenvalue weighted by atomic mass is 19.1. The van der Waals surface area contributed by atoms with E-state index in [-0.39, 0.29) is 5.82 Å². The first-order chi connectivity index (χ1) is 24.4. The number of aryl methyl sites for hydroxylation is 2. The number of hydrogen-bond donors (Lipinski definition) is 0. The van der Waals surface area contributed by atoms with E-state index in [1.54, 1.807) is 12.1 Å². The van der Waals surface area contributed by atoms with Gasteiger partial charge in [0.2, 0.25) is 0 Å². The number of methoxy groups -OCH3 is 1. The number of hydrogen-bond acceptors (Lipinski definition) is 3. The van der Waals surface area contributed by atoms with E-state index >= 15 is 0 Å². The van der Waals surface area contributed by atoms with E-state index in [9.17, 15) is 4.39 Å². The molecule has 0 radical (unpaired) electrons. The number of benzene rings is 3. The molecule has 268 valence electrons. The molecule has 2 heterocycles. The van der Waals surface area contributed by atoms with Crippen LogP contribution in [0.5, 0.6) is 5.75 Å². The molecule has 6 atom stereocenters. The second-order valence-corrected chi connectivity index (χ2v) is 17.4. The van der Waals surface area contributed by atoms with Crippen molar-refractivity contribution in [2.45, 2.75) is 109 Å². The number of piperidine rings is 2. The van der Waals surface area contributed by atoms with Crippen LogP contribution in [-0.4, -0.2) is 55.7 Å². The number of likely N-dealkylation sites (tertiary alicyclic amines) is 2. The fourth-order valence-corrected chi connectivity index (χ4v) is 11.6. The lowest BCUT2D eigenvalue weighted by atomic mass is 9.85. The Kier molecular flexibility index (Phi) is 10.4. The third-order valence-corrected chi connectivity index (χ3v) is 14.4. The van der Waals surface area contributed by atoms with Crippen molar-refractivity contribution in [1.29, 1.82) is 0 Å². The van der Waals surface area contributed by atoms with Gasteiger partial charge in [0.25, 0.3) is 0 Å². The normalized spacial score (nSPS) is 30.1. The third-order valence-electron chi connectivity index (χ3n) is 14.4. The van der Waals surface area contributed by atoms with Gasteiger partial charge in [0.1, 0.15) is 11.6 Å². The molecule has 6 aliphatic rings. The van der Waals surface area contributed by atoms with Gasteiger partial charge < -0.3 is 14.5 Å². The van der Waals surface area contributed by atoms with Crippen LogP contribution in [0.15, 0.2) is 60.7 Å². The second-order valence-electron chi connectivity index (χ2n) is 17.4. The van der Waals surface area contributed by atoms with Crippen molar-refractivity contribution < 1.29 is 9.13 Å². The lowest BCUT2D eigenvalue weighted by Gasteiger charge is -2.40.